The van der Waals surface area contributed by atoms with Crippen molar-refractivity contribution in [3.63, 3.8) is 0 Å². The first-order valence-electron chi connectivity index (χ1n) is 6.94. The van der Waals surface area contributed by atoms with Crippen molar-refractivity contribution in [3.8, 4) is 0 Å². The van der Waals surface area contributed by atoms with E-state index in [0.717, 1.165) is 45.6 Å². The molecule has 0 aromatic heterocycles. The van der Waals surface area contributed by atoms with Gasteiger partial charge in [-0.1, -0.05) is 6.92 Å². The van der Waals surface area contributed by atoms with Crippen molar-refractivity contribution in [1.82, 2.24) is 5.32 Å². The molecule has 2 aliphatic heterocycles. The highest BCUT2D eigenvalue weighted by molar-refractivity contribution is 4.81. The molecular formula is C13H25NO3. The maximum atomic E-state index is 5.96. The van der Waals surface area contributed by atoms with Gasteiger partial charge >= 0.3 is 0 Å². The number of hydrogen-bond donors (Lipinski definition) is 1. The minimum atomic E-state index is 0.194. The predicted octanol–water partition coefficient (Wildman–Crippen LogP) is 1.34. The van der Waals surface area contributed by atoms with Crippen LogP contribution in [-0.4, -0.2) is 51.2 Å². The zero-order valence-corrected chi connectivity index (χ0v) is 10.8. The highest BCUT2D eigenvalue weighted by Gasteiger charge is 2.27. The minimum absolute atomic E-state index is 0.194. The van der Waals surface area contributed by atoms with E-state index in [1.807, 2.05) is 0 Å². The van der Waals surface area contributed by atoms with Gasteiger partial charge in [0.25, 0.3) is 0 Å². The maximum Gasteiger partial charge on any atom is 0.0963 e. The molecule has 0 saturated carbocycles. The van der Waals surface area contributed by atoms with Crippen LogP contribution in [0.2, 0.25) is 0 Å². The molecule has 0 spiro atoms. The van der Waals surface area contributed by atoms with Gasteiger partial charge in [-0.3, -0.25) is 0 Å². The second-order valence-corrected chi connectivity index (χ2v) is 4.93. The van der Waals surface area contributed by atoms with E-state index < -0.39 is 0 Å². The fourth-order valence-electron chi connectivity index (χ4n) is 2.45. The topological polar surface area (TPSA) is 39.7 Å². The third-order valence-corrected chi connectivity index (χ3v) is 3.48. The van der Waals surface area contributed by atoms with E-state index in [1.54, 1.807) is 0 Å². The van der Waals surface area contributed by atoms with Crippen LogP contribution in [-0.2, 0) is 14.2 Å². The van der Waals surface area contributed by atoms with Gasteiger partial charge in [0.15, 0.2) is 0 Å². The van der Waals surface area contributed by atoms with Crippen molar-refractivity contribution < 1.29 is 14.2 Å². The molecule has 100 valence electrons. The van der Waals surface area contributed by atoms with Crippen molar-refractivity contribution in [3.05, 3.63) is 0 Å². The van der Waals surface area contributed by atoms with Gasteiger partial charge in [0.05, 0.1) is 25.4 Å². The van der Waals surface area contributed by atoms with E-state index in [9.17, 15) is 0 Å². The van der Waals surface area contributed by atoms with Gasteiger partial charge in [-0.25, -0.2) is 0 Å². The van der Waals surface area contributed by atoms with E-state index in [0.29, 0.717) is 18.8 Å². The van der Waals surface area contributed by atoms with Crippen LogP contribution in [0, 0.1) is 0 Å². The van der Waals surface area contributed by atoms with Gasteiger partial charge < -0.3 is 19.5 Å². The average molecular weight is 243 g/mol. The molecule has 4 heteroatoms. The lowest BCUT2D eigenvalue weighted by Gasteiger charge is -2.32. The van der Waals surface area contributed by atoms with Crippen LogP contribution in [0.4, 0.5) is 0 Å². The summed E-state index contributed by atoms with van der Waals surface area (Å²) < 4.78 is 17.0. The van der Waals surface area contributed by atoms with Gasteiger partial charge in [0.1, 0.15) is 0 Å². The van der Waals surface area contributed by atoms with E-state index in [4.69, 9.17) is 14.2 Å². The van der Waals surface area contributed by atoms with Gasteiger partial charge in [0.2, 0.25) is 0 Å². The third-order valence-electron chi connectivity index (χ3n) is 3.48. The first kappa shape index (κ1) is 13.3. The van der Waals surface area contributed by atoms with Crippen LogP contribution < -0.4 is 5.32 Å². The zero-order valence-electron chi connectivity index (χ0n) is 10.8. The number of rotatable bonds is 6. The van der Waals surface area contributed by atoms with Crippen LogP contribution in [0.1, 0.15) is 32.6 Å². The Balaban J connectivity index is 1.71. The summed E-state index contributed by atoms with van der Waals surface area (Å²) in [5, 5.41) is 3.55. The predicted molar refractivity (Wildman–Crippen MR) is 66.2 cm³/mol. The summed E-state index contributed by atoms with van der Waals surface area (Å²) in [5.41, 5.74) is 0. The molecule has 0 aromatic carbocycles. The molecule has 0 amide bonds. The van der Waals surface area contributed by atoms with Crippen molar-refractivity contribution in [2.24, 2.45) is 0 Å². The van der Waals surface area contributed by atoms with Crippen molar-refractivity contribution in [2.75, 3.05) is 33.0 Å². The molecule has 1 N–H and O–H groups in total. The lowest BCUT2D eigenvalue weighted by molar-refractivity contribution is -0.0918. The highest BCUT2D eigenvalue weighted by Crippen LogP contribution is 2.16. The summed E-state index contributed by atoms with van der Waals surface area (Å²) >= 11 is 0. The molecule has 0 bridgehead atoms. The largest absolute Gasteiger partial charge is 0.379 e. The van der Waals surface area contributed by atoms with E-state index >= 15 is 0 Å². The average Bonchev–Trinajstić information content (AvgIpc) is 2.88. The summed E-state index contributed by atoms with van der Waals surface area (Å²) in [5.74, 6) is 0. The Morgan fingerprint density at radius 2 is 2.24 bits per heavy atom. The lowest BCUT2D eigenvalue weighted by Crippen LogP contribution is -2.48. The smallest absolute Gasteiger partial charge is 0.0963 e. The molecule has 0 aliphatic carbocycles. The van der Waals surface area contributed by atoms with Crippen molar-refractivity contribution >= 4 is 0 Å². The molecule has 17 heavy (non-hydrogen) atoms. The van der Waals surface area contributed by atoms with Gasteiger partial charge in [-0.05, 0) is 32.2 Å². The molecule has 3 unspecified atom stereocenters. The molecule has 3 atom stereocenters. The Morgan fingerprint density at radius 1 is 1.29 bits per heavy atom. The summed E-state index contributed by atoms with van der Waals surface area (Å²) in [4.78, 5) is 0. The maximum absolute atomic E-state index is 5.96. The summed E-state index contributed by atoms with van der Waals surface area (Å²) in [6.45, 7) is 6.43. The first-order chi connectivity index (χ1) is 8.40. The monoisotopic (exact) mass is 243 g/mol. The zero-order chi connectivity index (χ0) is 11.9. The van der Waals surface area contributed by atoms with Crippen LogP contribution in [0.5, 0.6) is 0 Å². The Morgan fingerprint density at radius 3 is 3.00 bits per heavy atom. The number of ether oxygens (including phenoxy) is 3. The van der Waals surface area contributed by atoms with Crippen LogP contribution >= 0.6 is 0 Å². The van der Waals surface area contributed by atoms with Crippen LogP contribution in [0.3, 0.4) is 0 Å². The Hall–Kier alpha value is -0.160. The standard InChI is InChI=1S/C13H25NO3/c1-2-6-14-12-5-8-15-10-13(12)17-9-11-4-3-7-16-11/h11-14H,2-10H2,1H3. The van der Waals surface area contributed by atoms with E-state index in [1.165, 1.54) is 6.42 Å². The Labute approximate surface area is 104 Å². The molecule has 2 aliphatic rings. The van der Waals surface area contributed by atoms with Crippen LogP contribution in [0.15, 0.2) is 0 Å². The first-order valence-corrected chi connectivity index (χ1v) is 6.94. The summed E-state index contributed by atoms with van der Waals surface area (Å²) in [7, 11) is 0. The molecule has 2 rings (SSSR count). The second kappa shape index (κ2) is 7.31. The minimum Gasteiger partial charge on any atom is -0.379 e. The highest BCUT2D eigenvalue weighted by atomic mass is 16.6. The molecule has 4 nitrogen and oxygen atoms in total. The SMILES string of the molecule is CCCNC1CCOCC1OCC1CCCO1. The molecule has 2 fully saturated rings. The fraction of sp³-hybridized carbons (Fsp3) is 1.00. The third kappa shape index (κ3) is 4.21. The molecular weight excluding hydrogens is 218 g/mol. The molecule has 0 radical (unpaired) electrons. The number of hydrogen-bond acceptors (Lipinski definition) is 4. The van der Waals surface area contributed by atoms with Crippen molar-refractivity contribution in [1.29, 1.82) is 0 Å². The number of nitrogens with one attached hydrogen (secondary N) is 1. The Bertz CT molecular complexity index is 207. The van der Waals surface area contributed by atoms with Crippen molar-refractivity contribution in [2.45, 2.75) is 50.9 Å². The second-order valence-electron chi connectivity index (χ2n) is 4.93. The van der Waals surface area contributed by atoms with Gasteiger partial charge in [-0.15, -0.1) is 0 Å². The quantitative estimate of drug-likeness (QED) is 0.764. The molecule has 2 heterocycles. The normalized spacial score (nSPS) is 34.1. The molecule has 2 saturated heterocycles. The molecule has 0 aromatic rings. The van der Waals surface area contributed by atoms with E-state index in [2.05, 4.69) is 12.2 Å². The van der Waals surface area contributed by atoms with E-state index in [-0.39, 0.29) is 6.10 Å². The summed E-state index contributed by atoms with van der Waals surface area (Å²) in [6.07, 6.45) is 5.03. The lowest BCUT2D eigenvalue weighted by atomic mass is 10.1. The summed E-state index contributed by atoms with van der Waals surface area (Å²) in [6, 6.07) is 0.449. The van der Waals surface area contributed by atoms with Crippen LogP contribution in [0.25, 0.3) is 0 Å². The Kier molecular flexibility index (Phi) is 5.71. The fourth-order valence-corrected chi connectivity index (χ4v) is 2.45. The van der Waals surface area contributed by atoms with Gasteiger partial charge in [-0.2, -0.15) is 0 Å². The van der Waals surface area contributed by atoms with Gasteiger partial charge in [0, 0.05) is 19.3 Å².